The number of aryl methyl sites for hydroxylation is 2. The van der Waals surface area contributed by atoms with E-state index in [2.05, 4.69) is 26.8 Å². The Morgan fingerprint density at radius 2 is 2.00 bits per heavy atom. The molecule has 5 rings (SSSR count). The van der Waals surface area contributed by atoms with Crippen molar-refractivity contribution in [2.75, 3.05) is 6.54 Å². The zero-order valence-electron chi connectivity index (χ0n) is 21.1. The molecule has 2 N–H and O–H groups in total. The highest BCUT2D eigenvalue weighted by atomic mass is 16.3. The Labute approximate surface area is 206 Å². The van der Waals surface area contributed by atoms with Gasteiger partial charge in [0, 0.05) is 37.3 Å². The molecular weight excluding hydrogens is 446 g/mol. The van der Waals surface area contributed by atoms with Crippen LogP contribution in [-0.4, -0.2) is 65.3 Å². The van der Waals surface area contributed by atoms with Crippen molar-refractivity contribution in [3.63, 3.8) is 0 Å². The molecule has 3 aliphatic rings. The van der Waals surface area contributed by atoms with Crippen LogP contribution in [0.1, 0.15) is 94.9 Å². The number of nitrogens with one attached hydrogen (secondary N) is 1. The highest BCUT2D eigenvalue weighted by Gasteiger charge is 2.45. The Morgan fingerprint density at radius 3 is 2.69 bits per heavy atom. The van der Waals surface area contributed by atoms with Gasteiger partial charge in [-0.25, -0.2) is 4.68 Å². The summed E-state index contributed by atoms with van der Waals surface area (Å²) in [5, 5.41) is 26.7. The molecule has 4 heterocycles. The van der Waals surface area contributed by atoms with E-state index < -0.39 is 23.6 Å². The third-order valence-electron chi connectivity index (χ3n) is 7.44. The van der Waals surface area contributed by atoms with E-state index in [0.717, 1.165) is 50.0 Å². The summed E-state index contributed by atoms with van der Waals surface area (Å²) in [6.07, 6.45) is 6.82. The van der Waals surface area contributed by atoms with E-state index in [1.54, 1.807) is 4.68 Å². The van der Waals surface area contributed by atoms with Crippen LogP contribution in [0.3, 0.4) is 0 Å². The van der Waals surface area contributed by atoms with Gasteiger partial charge in [0.1, 0.15) is 12.1 Å². The van der Waals surface area contributed by atoms with Gasteiger partial charge >= 0.3 is 0 Å². The summed E-state index contributed by atoms with van der Waals surface area (Å²) in [5.74, 6) is -0.0495. The van der Waals surface area contributed by atoms with Crippen LogP contribution in [0, 0.1) is 5.41 Å². The summed E-state index contributed by atoms with van der Waals surface area (Å²) >= 11 is 0. The van der Waals surface area contributed by atoms with Crippen LogP contribution in [0.25, 0.3) is 0 Å². The Balaban J connectivity index is 1.33. The van der Waals surface area contributed by atoms with Crippen molar-refractivity contribution in [2.24, 2.45) is 5.41 Å². The zero-order chi connectivity index (χ0) is 24.9. The van der Waals surface area contributed by atoms with Crippen molar-refractivity contribution in [3.8, 4) is 0 Å². The molecule has 10 nitrogen and oxygen atoms in total. The number of likely N-dealkylation sites (tertiary alicyclic amines) is 1. The number of aliphatic hydroxyl groups is 1. The Hall–Kier alpha value is -2.75. The summed E-state index contributed by atoms with van der Waals surface area (Å²) < 4.78 is 3.67. The van der Waals surface area contributed by atoms with Crippen LogP contribution in [0.15, 0.2) is 12.3 Å². The van der Waals surface area contributed by atoms with Gasteiger partial charge in [0.15, 0.2) is 0 Å². The van der Waals surface area contributed by atoms with Gasteiger partial charge < -0.3 is 15.3 Å². The fourth-order valence-corrected chi connectivity index (χ4v) is 5.36. The highest BCUT2D eigenvalue weighted by Crippen LogP contribution is 2.40. The first-order valence-corrected chi connectivity index (χ1v) is 12.9. The van der Waals surface area contributed by atoms with Gasteiger partial charge in [-0.2, -0.15) is 5.10 Å². The minimum atomic E-state index is -0.747. The van der Waals surface area contributed by atoms with Crippen LogP contribution < -0.4 is 5.32 Å². The summed E-state index contributed by atoms with van der Waals surface area (Å²) in [7, 11) is 0. The number of rotatable bonds is 6. The molecule has 2 aromatic rings. The maximum Gasteiger partial charge on any atom is 0.248 e. The molecule has 10 heteroatoms. The smallest absolute Gasteiger partial charge is 0.248 e. The average Bonchev–Trinajstić information content (AvgIpc) is 3.19. The maximum absolute atomic E-state index is 13.9. The predicted octanol–water partition coefficient (Wildman–Crippen LogP) is 2.11. The van der Waals surface area contributed by atoms with Crippen molar-refractivity contribution in [1.29, 1.82) is 0 Å². The lowest BCUT2D eigenvalue weighted by molar-refractivity contribution is -0.144. The van der Waals surface area contributed by atoms with Crippen molar-refractivity contribution < 1.29 is 14.7 Å². The van der Waals surface area contributed by atoms with Crippen LogP contribution in [-0.2, 0) is 22.6 Å². The lowest BCUT2D eigenvalue weighted by Gasteiger charge is -2.34. The summed E-state index contributed by atoms with van der Waals surface area (Å²) in [6.45, 7) is 8.90. The molecule has 0 spiro atoms. The van der Waals surface area contributed by atoms with Crippen molar-refractivity contribution >= 4 is 11.8 Å². The largest absolute Gasteiger partial charge is 0.391 e. The average molecular weight is 484 g/mol. The maximum atomic E-state index is 13.9. The Morgan fingerprint density at radius 1 is 1.23 bits per heavy atom. The van der Waals surface area contributed by atoms with Gasteiger partial charge in [0.2, 0.25) is 11.8 Å². The summed E-state index contributed by atoms with van der Waals surface area (Å²) in [6, 6.07) is 0.410. The van der Waals surface area contributed by atoms with E-state index >= 15 is 0 Å². The van der Waals surface area contributed by atoms with E-state index in [-0.39, 0.29) is 30.8 Å². The predicted molar refractivity (Wildman–Crippen MR) is 128 cm³/mol. The minimum Gasteiger partial charge on any atom is -0.391 e. The Kier molecular flexibility index (Phi) is 6.19. The molecule has 2 aromatic heterocycles. The summed E-state index contributed by atoms with van der Waals surface area (Å²) in [5.41, 5.74) is 2.49. The molecule has 1 unspecified atom stereocenters. The van der Waals surface area contributed by atoms with E-state index in [1.807, 2.05) is 38.6 Å². The first-order valence-electron chi connectivity index (χ1n) is 12.9. The minimum absolute atomic E-state index is 0.126. The van der Waals surface area contributed by atoms with Crippen LogP contribution in [0.5, 0.6) is 0 Å². The van der Waals surface area contributed by atoms with Gasteiger partial charge in [-0.3, -0.25) is 14.3 Å². The number of fused-ring (bicyclic) bond motifs is 1. The van der Waals surface area contributed by atoms with Gasteiger partial charge in [-0.05, 0) is 50.5 Å². The molecule has 2 fully saturated rings. The fraction of sp³-hybridized carbons (Fsp3) is 0.720. The molecule has 190 valence electrons. The normalized spacial score (nSPS) is 24.2. The van der Waals surface area contributed by atoms with Crippen molar-refractivity contribution in [3.05, 3.63) is 29.3 Å². The standard InChI is InChI=1S/C25H37N7O3/c1-15(19-11-17-7-5-6-10-31(17)28-19)26-23(34)21-12-18(33)13-30(21)24(35)22(25(2,3)4)32-14-20(27-29-32)16-8-9-16/h11,14-16,18,21-22,33H,5-10,12-13H2,1-4H3,(H,26,34)/t15?,18-,21+,22-/m1/s1. The number of β-amino-alcohol motifs (C(OH)–C–C–N with tert-alkyl or cyclic N) is 1. The van der Waals surface area contributed by atoms with Gasteiger partial charge in [0.05, 0.1) is 23.5 Å². The van der Waals surface area contributed by atoms with E-state index in [9.17, 15) is 14.7 Å². The highest BCUT2D eigenvalue weighted by molar-refractivity contribution is 5.90. The first-order chi connectivity index (χ1) is 16.6. The Bertz CT molecular complexity index is 1070. The van der Waals surface area contributed by atoms with Crippen LogP contribution in [0.4, 0.5) is 0 Å². The van der Waals surface area contributed by atoms with Gasteiger partial charge in [-0.1, -0.05) is 26.0 Å². The number of aromatic nitrogens is 5. The third-order valence-corrected chi connectivity index (χ3v) is 7.44. The molecular formula is C25H37N7O3. The molecule has 0 bridgehead atoms. The van der Waals surface area contributed by atoms with Crippen molar-refractivity contribution in [2.45, 2.75) is 103 Å². The number of hydrogen-bond donors (Lipinski definition) is 2. The molecule has 1 saturated carbocycles. The van der Waals surface area contributed by atoms with Crippen LogP contribution >= 0.6 is 0 Å². The number of carbonyl (C=O) groups excluding carboxylic acids is 2. The number of carbonyl (C=O) groups is 2. The molecule has 4 atom stereocenters. The van der Waals surface area contributed by atoms with Crippen LogP contribution in [0.2, 0.25) is 0 Å². The van der Waals surface area contributed by atoms with Gasteiger partial charge in [-0.15, -0.1) is 5.10 Å². The molecule has 0 radical (unpaired) electrons. The second kappa shape index (κ2) is 9.04. The van der Waals surface area contributed by atoms with E-state index in [4.69, 9.17) is 0 Å². The quantitative estimate of drug-likeness (QED) is 0.650. The first kappa shape index (κ1) is 24.0. The molecule has 2 amide bonds. The van der Waals surface area contributed by atoms with Gasteiger partial charge in [0.25, 0.3) is 0 Å². The number of nitrogens with zero attached hydrogens (tertiary/aromatic N) is 6. The molecule has 1 saturated heterocycles. The molecule has 1 aliphatic carbocycles. The topological polar surface area (TPSA) is 118 Å². The second-order valence-corrected chi connectivity index (χ2v) is 11.5. The fourth-order valence-electron chi connectivity index (χ4n) is 5.36. The molecule has 2 aliphatic heterocycles. The summed E-state index contributed by atoms with van der Waals surface area (Å²) in [4.78, 5) is 28.8. The number of aliphatic hydroxyl groups excluding tert-OH is 1. The number of hydrogen-bond acceptors (Lipinski definition) is 6. The lowest BCUT2D eigenvalue weighted by Crippen LogP contribution is -2.50. The lowest BCUT2D eigenvalue weighted by atomic mass is 9.85. The van der Waals surface area contributed by atoms with E-state index in [0.29, 0.717) is 5.92 Å². The van der Waals surface area contributed by atoms with Crippen molar-refractivity contribution in [1.82, 2.24) is 35.0 Å². The van der Waals surface area contributed by atoms with E-state index in [1.165, 1.54) is 10.6 Å². The zero-order valence-corrected chi connectivity index (χ0v) is 21.1. The SMILES string of the molecule is CC(NC(=O)[C@@H]1C[C@@H](O)CN1C(=O)[C@@H](n1cc(C2CC2)nn1)C(C)(C)C)c1cc2n(n1)CCCC2. The number of amides is 2. The second-order valence-electron chi connectivity index (χ2n) is 11.5. The molecule has 0 aromatic carbocycles. The monoisotopic (exact) mass is 483 g/mol. The third kappa shape index (κ3) is 4.85. The molecule has 35 heavy (non-hydrogen) atoms.